The predicted octanol–water partition coefficient (Wildman–Crippen LogP) is 5.37. The van der Waals surface area contributed by atoms with Crippen LogP contribution in [0.1, 0.15) is 11.1 Å². The fourth-order valence-electron chi connectivity index (χ4n) is 3.24. The molecule has 6 heteroatoms. The Bertz CT molecular complexity index is 1370. The van der Waals surface area contributed by atoms with Gasteiger partial charge in [-0.1, -0.05) is 41.9 Å². The highest BCUT2D eigenvalue weighted by atomic mass is 35.5. The lowest BCUT2D eigenvalue weighted by atomic mass is 10.00. The SMILES string of the molecule is N#CCc1ccc(N=Cc2c(O)[nH]c(=O)c3ccc(-c4cccc(Cl)c4)cc23)cc1. The van der Waals surface area contributed by atoms with E-state index in [1.165, 1.54) is 6.21 Å². The number of hydrogen-bond acceptors (Lipinski definition) is 4. The molecular formula is C24H16ClN3O2. The third-order valence-corrected chi connectivity index (χ3v) is 5.00. The number of nitrogens with one attached hydrogen (secondary N) is 1. The third kappa shape index (κ3) is 3.95. The number of nitriles is 1. The summed E-state index contributed by atoms with van der Waals surface area (Å²) in [4.78, 5) is 19.2. The van der Waals surface area contributed by atoms with Crippen molar-refractivity contribution in [2.45, 2.75) is 6.42 Å². The van der Waals surface area contributed by atoms with Crippen molar-refractivity contribution in [1.82, 2.24) is 4.98 Å². The van der Waals surface area contributed by atoms with Gasteiger partial charge < -0.3 is 5.11 Å². The average Bonchev–Trinajstić information content (AvgIpc) is 2.74. The van der Waals surface area contributed by atoms with Crippen molar-refractivity contribution in [3.63, 3.8) is 0 Å². The molecule has 4 rings (SSSR count). The lowest BCUT2D eigenvalue weighted by Gasteiger charge is -2.08. The monoisotopic (exact) mass is 413 g/mol. The van der Waals surface area contributed by atoms with Crippen LogP contribution >= 0.6 is 11.6 Å². The van der Waals surface area contributed by atoms with Crippen LogP contribution in [0.3, 0.4) is 0 Å². The van der Waals surface area contributed by atoms with Crippen molar-refractivity contribution >= 4 is 34.3 Å². The van der Waals surface area contributed by atoms with Crippen molar-refractivity contribution in [2.75, 3.05) is 0 Å². The fourth-order valence-corrected chi connectivity index (χ4v) is 3.43. The molecule has 1 aromatic heterocycles. The number of H-pyrrole nitrogens is 1. The summed E-state index contributed by atoms with van der Waals surface area (Å²) >= 11 is 6.11. The Labute approximate surface area is 177 Å². The highest BCUT2D eigenvalue weighted by Crippen LogP contribution is 2.29. The van der Waals surface area contributed by atoms with Crippen molar-refractivity contribution in [2.24, 2.45) is 4.99 Å². The molecule has 0 saturated carbocycles. The van der Waals surface area contributed by atoms with Crippen LogP contribution in [-0.4, -0.2) is 16.3 Å². The highest BCUT2D eigenvalue weighted by molar-refractivity contribution is 6.30. The molecule has 0 bridgehead atoms. The molecule has 0 aliphatic rings. The molecule has 0 fully saturated rings. The first-order chi connectivity index (χ1) is 14.5. The zero-order valence-electron chi connectivity index (χ0n) is 15.8. The number of hydrogen-bond donors (Lipinski definition) is 2. The van der Waals surface area contributed by atoms with Crippen molar-refractivity contribution < 1.29 is 5.11 Å². The molecule has 30 heavy (non-hydrogen) atoms. The summed E-state index contributed by atoms with van der Waals surface area (Å²) in [6.07, 6.45) is 1.86. The Kier molecular flexibility index (Phi) is 5.34. The summed E-state index contributed by atoms with van der Waals surface area (Å²) < 4.78 is 0. The average molecular weight is 414 g/mol. The zero-order chi connectivity index (χ0) is 21.1. The predicted molar refractivity (Wildman–Crippen MR) is 120 cm³/mol. The maximum atomic E-state index is 12.3. The Morgan fingerprint density at radius 1 is 1.03 bits per heavy atom. The second-order valence-electron chi connectivity index (χ2n) is 6.75. The van der Waals surface area contributed by atoms with E-state index in [0.29, 0.717) is 33.5 Å². The first-order valence-electron chi connectivity index (χ1n) is 9.20. The molecule has 0 saturated heterocycles. The Morgan fingerprint density at radius 2 is 1.80 bits per heavy atom. The number of benzene rings is 3. The molecule has 0 aliphatic carbocycles. The molecule has 0 amide bonds. The minimum atomic E-state index is -0.377. The number of aromatic hydroxyl groups is 1. The number of halogens is 1. The van der Waals surface area contributed by atoms with Gasteiger partial charge >= 0.3 is 0 Å². The fraction of sp³-hybridized carbons (Fsp3) is 0.0417. The lowest BCUT2D eigenvalue weighted by molar-refractivity contribution is 0.452. The lowest BCUT2D eigenvalue weighted by Crippen LogP contribution is -2.08. The number of nitrogens with zero attached hydrogens (tertiary/aromatic N) is 2. The molecule has 4 aromatic rings. The Hall–Kier alpha value is -3.88. The van der Waals surface area contributed by atoms with E-state index < -0.39 is 0 Å². The molecular weight excluding hydrogens is 398 g/mol. The standard InChI is InChI=1S/C24H16ClN3O2/c25-18-3-1-2-16(12-18)17-6-9-20-21(13-17)22(24(30)28-23(20)29)14-27-19-7-4-15(5-8-19)10-11-26/h1-9,12-14H,10H2,(H2,28,29,30). The molecule has 2 N–H and O–H groups in total. The highest BCUT2D eigenvalue weighted by Gasteiger charge is 2.11. The van der Waals surface area contributed by atoms with Gasteiger partial charge in [0.1, 0.15) is 0 Å². The van der Waals surface area contributed by atoms with Crippen LogP contribution in [0.25, 0.3) is 21.9 Å². The molecule has 3 aromatic carbocycles. The van der Waals surface area contributed by atoms with Crippen molar-refractivity contribution in [3.05, 3.63) is 93.2 Å². The van der Waals surface area contributed by atoms with E-state index in [0.717, 1.165) is 16.7 Å². The maximum Gasteiger partial charge on any atom is 0.258 e. The molecule has 0 aliphatic heterocycles. The molecule has 0 spiro atoms. The molecule has 0 radical (unpaired) electrons. The van der Waals surface area contributed by atoms with Crippen LogP contribution in [0.5, 0.6) is 5.88 Å². The molecule has 5 nitrogen and oxygen atoms in total. The number of rotatable bonds is 4. The Balaban J connectivity index is 1.81. The van der Waals surface area contributed by atoms with Crippen LogP contribution in [0.2, 0.25) is 5.02 Å². The molecule has 0 unspecified atom stereocenters. The Morgan fingerprint density at radius 3 is 2.53 bits per heavy atom. The molecule has 0 atom stereocenters. The van der Waals surface area contributed by atoms with Gasteiger partial charge in [0.25, 0.3) is 5.56 Å². The van der Waals surface area contributed by atoms with E-state index >= 15 is 0 Å². The van der Waals surface area contributed by atoms with E-state index in [9.17, 15) is 9.90 Å². The number of aliphatic imine (C=N–C) groups is 1. The number of aromatic nitrogens is 1. The van der Waals surface area contributed by atoms with Crippen molar-refractivity contribution in [1.29, 1.82) is 5.26 Å². The summed E-state index contributed by atoms with van der Waals surface area (Å²) in [6, 6.07) is 22.2. The summed E-state index contributed by atoms with van der Waals surface area (Å²) in [5.41, 5.74) is 3.37. The minimum absolute atomic E-state index is 0.249. The smallest absolute Gasteiger partial charge is 0.258 e. The van der Waals surface area contributed by atoms with Crippen LogP contribution < -0.4 is 5.56 Å². The quantitative estimate of drug-likeness (QED) is 0.440. The van der Waals surface area contributed by atoms with Gasteiger partial charge in [-0.15, -0.1) is 0 Å². The van der Waals surface area contributed by atoms with Gasteiger partial charge in [-0.2, -0.15) is 5.26 Å². The van der Waals surface area contributed by atoms with Crippen molar-refractivity contribution in [3.8, 4) is 23.1 Å². The van der Waals surface area contributed by atoms with Gasteiger partial charge in [-0.25, -0.2) is 0 Å². The van der Waals surface area contributed by atoms with E-state index in [-0.39, 0.29) is 11.4 Å². The van der Waals surface area contributed by atoms with Gasteiger partial charge in [0.05, 0.1) is 23.7 Å². The molecule has 1 heterocycles. The second-order valence-corrected chi connectivity index (χ2v) is 7.18. The van der Waals surface area contributed by atoms with E-state index in [1.54, 1.807) is 24.3 Å². The van der Waals surface area contributed by atoms with E-state index in [1.807, 2.05) is 42.5 Å². The van der Waals surface area contributed by atoms with Gasteiger partial charge in [-0.3, -0.25) is 14.8 Å². The summed E-state index contributed by atoms with van der Waals surface area (Å²) in [5.74, 6) is -0.249. The van der Waals surface area contributed by atoms with Gasteiger partial charge in [0.15, 0.2) is 0 Å². The summed E-state index contributed by atoms with van der Waals surface area (Å²) in [6.45, 7) is 0. The first-order valence-corrected chi connectivity index (χ1v) is 9.58. The van der Waals surface area contributed by atoms with E-state index in [2.05, 4.69) is 16.0 Å². The normalized spacial score (nSPS) is 11.1. The maximum absolute atomic E-state index is 12.3. The molecule has 146 valence electrons. The van der Waals surface area contributed by atoms with Gasteiger partial charge in [-0.05, 0) is 53.1 Å². The van der Waals surface area contributed by atoms with E-state index in [4.69, 9.17) is 16.9 Å². The number of pyridine rings is 1. The van der Waals surface area contributed by atoms with Crippen LogP contribution in [0.15, 0.2) is 76.5 Å². The van der Waals surface area contributed by atoms with Gasteiger partial charge in [0, 0.05) is 22.0 Å². The summed E-state index contributed by atoms with van der Waals surface area (Å²) in [5, 5.41) is 20.8. The van der Waals surface area contributed by atoms with Crippen LogP contribution in [0, 0.1) is 11.3 Å². The third-order valence-electron chi connectivity index (χ3n) is 4.76. The summed E-state index contributed by atoms with van der Waals surface area (Å²) in [7, 11) is 0. The largest absolute Gasteiger partial charge is 0.494 e. The van der Waals surface area contributed by atoms with Gasteiger partial charge in [0.2, 0.25) is 5.88 Å². The van der Waals surface area contributed by atoms with Crippen LogP contribution in [0.4, 0.5) is 5.69 Å². The zero-order valence-corrected chi connectivity index (χ0v) is 16.5. The second kappa shape index (κ2) is 8.24. The number of fused-ring (bicyclic) bond motifs is 1. The van der Waals surface area contributed by atoms with Crippen LogP contribution in [-0.2, 0) is 6.42 Å². The number of aromatic amines is 1. The topological polar surface area (TPSA) is 89.2 Å². The minimum Gasteiger partial charge on any atom is -0.494 e. The first kappa shape index (κ1) is 19.4.